The number of ether oxygens (including phenoxy) is 1. The van der Waals surface area contributed by atoms with Crippen LogP contribution in [0.3, 0.4) is 0 Å². The summed E-state index contributed by atoms with van der Waals surface area (Å²) in [5, 5.41) is 0. The first-order valence-electron chi connectivity index (χ1n) is 5.98. The zero-order valence-corrected chi connectivity index (χ0v) is 10.9. The molecule has 1 aliphatic heterocycles. The van der Waals surface area contributed by atoms with Gasteiger partial charge in [-0.2, -0.15) is 0 Å². The molecule has 1 aliphatic rings. The first kappa shape index (κ1) is 13.2. The zero-order chi connectivity index (χ0) is 12.2. The van der Waals surface area contributed by atoms with Gasteiger partial charge in [-0.1, -0.05) is 26.8 Å². The number of hydrogen-bond acceptors (Lipinski definition) is 3. The summed E-state index contributed by atoms with van der Waals surface area (Å²) in [4.78, 5) is 13.8. The first-order valence-corrected chi connectivity index (χ1v) is 5.98. The summed E-state index contributed by atoms with van der Waals surface area (Å²) < 4.78 is 4.73. The molecular formula is C13H23NO2. The molecule has 16 heavy (non-hydrogen) atoms. The van der Waals surface area contributed by atoms with Crippen LogP contribution in [0, 0.1) is 5.41 Å². The molecule has 0 atom stereocenters. The SMILES string of the molecule is CCC(=CCN1CCC(C)(C)C1)C(=O)OC. The largest absolute Gasteiger partial charge is 0.466 e. The fourth-order valence-electron chi connectivity index (χ4n) is 2.12. The van der Waals surface area contributed by atoms with Crippen molar-refractivity contribution in [2.75, 3.05) is 26.7 Å². The summed E-state index contributed by atoms with van der Waals surface area (Å²) >= 11 is 0. The molecule has 3 nitrogen and oxygen atoms in total. The van der Waals surface area contributed by atoms with Crippen LogP contribution in [0.25, 0.3) is 0 Å². The number of nitrogens with zero attached hydrogens (tertiary/aromatic N) is 1. The predicted octanol–water partition coefficient (Wildman–Crippen LogP) is 2.23. The van der Waals surface area contributed by atoms with Crippen molar-refractivity contribution in [3.05, 3.63) is 11.6 Å². The number of rotatable bonds is 4. The molecule has 0 aromatic carbocycles. The van der Waals surface area contributed by atoms with Gasteiger partial charge in [0.1, 0.15) is 0 Å². The van der Waals surface area contributed by atoms with E-state index in [0.717, 1.165) is 31.6 Å². The molecule has 0 bridgehead atoms. The molecule has 0 spiro atoms. The van der Waals surface area contributed by atoms with Crippen LogP contribution in [0.1, 0.15) is 33.6 Å². The molecular weight excluding hydrogens is 202 g/mol. The highest BCUT2D eigenvalue weighted by Gasteiger charge is 2.28. The average Bonchev–Trinajstić information content (AvgIpc) is 2.58. The second-order valence-electron chi connectivity index (χ2n) is 5.22. The van der Waals surface area contributed by atoms with Crippen LogP contribution >= 0.6 is 0 Å². The quantitative estimate of drug-likeness (QED) is 0.543. The molecule has 3 heteroatoms. The molecule has 0 radical (unpaired) electrons. The molecule has 0 unspecified atom stereocenters. The molecule has 1 heterocycles. The van der Waals surface area contributed by atoms with E-state index in [1.165, 1.54) is 13.5 Å². The summed E-state index contributed by atoms with van der Waals surface area (Å²) in [6.45, 7) is 9.66. The number of esters is 1. The fourth-order valence-corrected chi connectivity index (χ4v) is 2.12. The van der Waals surface area contributed by atoms with Crippen LogP contribution in [0.2, 0.25) is 0 Å². The van der Waals surface area contributed by atoms with Gasteiger partial charge in [0.25, 0.3) is 0 Å². The van der Waals surface area contributed by atoms with Gasteiger partial charge in [0.2, 0.25) is 0 Å². The molecule has 0 N–H and O–H groups in total. The van der Waals surface area contributed by atoms with Crippen molar-refractivity contribution in [1.29, 1.82) is 0 Å². The highest BCUT2D eigenvalue weighted by Crippen LogP contribution is 2.28. The molecule has 1 saturated heterocycles. The Morgan fingerprint density at radius 3 is 2.62 bits per heavy atom. The predicted molar refractivity (Wildman–Crippen MR) is 65.2 cm³/mol. The van der Waals surface area contributed by atoms with Gasteiger partial charge in [-0.3, -0.25) is 4.90 Å². The molecule has 0 aromatic heterocycles. The average molecular weight is 225 g/mol. The molecule has 1 fully saturated rings. The van der Waals surface area contributed by atoms with Crippen LogP contribution in [-0.2, 0) is 9.53 Å². The van der Waals surface area contributed by atoms with Crippen LogP contribution in [0.15, 0.2) is 11.6 Å². The van der Waals surface area contributed by atoms with E-state index >= 15 is 0 Å². The monoisotopic (exact) mass is 225 g/mol. The Hall–Kier alpha value is -0.830. The van der Waals surface area contributed by atoms with Gasteiger partial charge in [-0.25, -0.2) is 4.79 Å². The van der Waals surface area contributed by atoms with E-state index in [4.69, 9.17) is 4.74 Å². The van der Waals surface area contributed by atoms with E-state index in [9.17, 15) is 4.79 Å². The van der Waals surface area contributed by atoms with Crippen molar-refractivity contribution >= 4 is 5.97 Å². The third kappa shape index (κ3) is 3.63. The minimum Gasteiger partial charge on any atom is -0.466 e. The van der Waals surface area contributed by atoms with Crippen LogP contribution in [-0.4, -0.2) is 37.6 Å². The normalized spacial score (nSPS) is 21.1. The van der Waals surface area contributed by atoms with E-state index in [1.54, 1.807) is 0 Å². The van der Waals surface area contributed by atoms with Crippen molar-refractivity contribution in [1.82, 2.24) is 4.90 Å². The first-order chi connectivity index (χ1) is 7.48. The second-order valence-corrected chi connectivity index (χ2v) is 5.22. The molecule has 0 aliphatic carbocycles. The van der Waals surface area contributed by atoms with E-state index < -0.39 is 0 Å². The fraction of sp³-hybridized carbons (Fsp3) is 0.769. The minimum absolute atomic E-state index is 0.194. The summed E-state index contributed by atoms with van der Waals surface area (Å²) in [6, 6.07) is 0. The lowest BCUT2D eigenvalue weighted by Crippen LogP contribution is -2.24. The van der Waals surface area contributed by atoms with Gasteiger partial charge in [-0.15, -0.1) is 0 Å². The third-order valence-electron chi connectivity index (χ3n) is 3.18. The van der Waals surface area contributed by atoms with E-state index in [-0.39, 0.29) is 5.97 Å². The summed E-state index contributed by atoms with van der Waals surface area (Å²) in [7, 11) is 1.44. The minimum atomic E-state index is -0.194. The lowest BCUT2D eigenvalue weighted by molar-refractivity contribution is -0.136. The van der Waals surface area contributed by atoms with Gasteiger partial charge < -0.3 is 4.74 Å². The van der Waals surface area contributed by atoms with Crippen molar-refractivity contribution < 1.29 is 9.53 Å². The Labute approximate surface area is 98.5 Å². The maximum absolute atomic E-state index is 11.4. The second kappa shape index (κ2) is 5.48. The van der Waals surface area contributed by atoms with Gasteiger partial charge in [0, 0.05) is 18.7 Å². The topological polar surface area (TPSA) is 29.5 Å². The molecule has 0 amide bonds. The number of carbonyl (C=O) groups is 1. The van der Waals surface area contributed by atoms with Crippen molar-refractivity contribution in [3.63, 3.8) is 0 Å². The molecule has 0 aromatic rings. The Morgan fingerprint density at radius 2 is 2.19 bits per heavy atom. The summed E-state index contributed by atoms with van der Waals surface area (Å²) in [5.74, 6) is -0.194. The molecule has 92 valence electrons. The molecule has 1 rings (SSSR count). The smallest absolute Gasteiger partial charge is 0.333 e. The van der Waals surface area contributed by atoms with E-state index in [1.807, 2.05) is 13.0 Å². The summed E-state index contributed by atoms with van der Waals surface area (Å²) in [6.07, 6.45) is 3.98. The molecule has 0 saturated carbocycles. The lowest BCUT2D eigenvalue weighted by atomic mass is 9.93. The van der Waals surface area contributed by atoms with Crippen LogP contribution < -0.4 is 0 Å². The number of hydrogen-bond donors (Lipinski definition) is 0. The van der Waals surface area contributed by atoms with Crippen LogP contribution in [0.5, 0.6) is 0 Å². The maximum atomic E-state index is 11.4. The van der Waals surface area contributed by atoms with Gasteiger partial charge in [0.05, 0.1) is 7.11 Å². The highest BCUT2D eigenvalue weighted by molar-refractivity contribution is 5.88. The Morgan fingerprint density at radius 1 is 1.50 bits per heavy atom. The maximum Gasteiger partial charge on any atom is 0.333 e. The Kier molecular flexibility index (Phi) is 4.54. The van der Waals surface area contributed by atoms with Crippen molar-refractivity contribution in [2.45, 2.75) is 33.6 Å². The number of carbonyl (C=O) groups excluding carboxylic acids is 1. The van der Waals surface area contributed by atoms with Gasteiger partial charge in [0.15, 0.2) is 0 Å². The van der Waals surface area contributed by atoms with Gasteiger partial charge >= 0.3 is 5.97 Å². The lowest BCUT2D eigenvalue weighted by Gasteiger charge is -2.18. The van der Waals surface area contributed by atoms with Crippen LogP contribution in [0.4, 0.5) is 0 Å². The van der Waals surface area contributed by atoms with E-state index in [0.29, 0.717) is 5.41 Å². The number of likely N-dealkylation sites (tertiary alicyclic amines) is 1. The Bertz CT molecular complexity index is 282. The van der Waals surface area contributed by atoms with Crippen molar-refractivity contribution in [3.8, 4) is 0 Å². The summed E-state index contributed by atoms with van der Waals surface area (Å²) in [5.41, 5.74) is 1.21. The van der Waals surface area contributed by atoms with E-state index in [2.05, 4.69) is 18.7 Å². The Balaban J connectivity index is 2.49. The number of methoxy groups -OCH3 is 1. The third-order valence-corrected chi connectivity index (χ3v) is 3.18. The van der Waals surface area contributed by atoms with Gasteiger partial charge in [-0.05, 0) is 24.8 Å². The highest BCUT2D eigenvalue weighted by atomic mass is 16.5. The standard InChI is InChI=1S/C13H23NO2/c1-5-11(12(15)16-4)6-8-14-9-7-13(2,3)10-14/h6H,5,7-10H2,1-4H3. The zero-order valence-electron chi connectivity index (χ0n) is 10.9. The van der Waals surface area contributed by atoms with Crippen molar-refractivity contribution in [2.24, 2.45) is 5.41 Å².